The predicted octanol–water partition coefficient (Wildman–Crippen LogP) is 4.15. The van der Waals surface area contributed by atoms with Crippen LogP contribution in [0.4, 0.5) is 0 Å². The molecule has 1 unspecified atom stereocenters. The molecule has 88 valence electrons. The molecule has 0 aliphatic rings. The molecule has 0 saturated heterocycles. The Morgan fingerprint density at radius 3 is 1.88 bits per heavy atom. The maximum atomic E-state index is 6.27. The molecular weight excluding hydrogens is 230 g/mol. The third-order valence-electron chi connectivity index (χ3n) is 2.75. The lowest BCUT2D eigenvalue weighted by atomic mass is 10.0. The number of nitrogens with zero attached hydrogens (tertiary/aromatic N) is 1. The van der Waals surface area contributed by atoms with Crippen LogP contribution in [0.25, 0.3) is 11.1 Å². The molecule has 0 amide bonds. The van der Waals surface area contributed by atoms with Gasteiger partial charge in [0.05, 0.1) is 0 Å². The van der Waals surface area contributed by atoms with Gasteiger partial charge in [-0.05, 0) is 30.8 Å². The standard InChI is InChI=1S/C15H16ClN/c1-17(2)15(16)14-10-8-13(9-11-14)12-6-4-3-5-7-12/h3-11,15H,1-2H3. The lowest BCUT2D eigenvalue weighted by Crippen LogP contribution is -2.14. The van der Waals surface area contributed by atoms with E-state index in [2.05, 4.69) is 36.4 Å². The fourth-order valence-electron chi connectivity index (χ4n) is 1.76. The largest absolute Gasteiger partial charge is 0.290 e. The SMILES string of the molecule is CN(C)C(Cl)c1ccc(-c2ccccc2)cc1. The van der Waals surface area contributed by atoms with Gasteiger partial charge in [-0.25, -0.2) is 0 Å². The maximum absolute atomic E-state index is 6.27. The molecule has 0 aromatic heterocycles. The van der Waals surface area contributed by atoms with Crippen LogP contribution in [0.5, 0.6) is 0 Å². The Labute approximate surface area is 108 Å². The van der Waals surface area contributed by atoms with Crippen LogP contribution in [-0.2, 0) is 0 Å². The zero-order valence-electron chi connectivity index (χ0n) is 10.1. The van der Waals surface area contributed by atoms with Crippen LogP contribution >= 0.6 is 11.6 Å². The first kappa shape index (κ1) is 12.2. The van der Waals surface area contributed by atoms with E-state index in [0.717, 1.165) is 5.56 Å². The first-order valence-corrected chi connectivity index (χ1v) is 6.08. The van der Waals surface area contributed by atoms with E-state index in [1.165, 1.54) is 11.1 Å². The molecule has 0 bridgehead atoms. The summed E-state index contributed by atoms with van der Waals surface area (Å²) < 4.78 is 0. The monoisotopic (exact) mass is 245 g/mol. The maximum Gasteiger partial charge on any atom is 0.110 e. The number of hydrogen-bond donors (Lipinski definition) is 0. The molecular formula is C15H16ClN. The zero-order valence-corrected chi connectivity index (χ0v) is 10.9. The minimum atomic E-state index is -0.0696. The van der Waals surface area contributed by atoms with Crippen LogP contribution in [0, 0.1) is 0 Å². The molecule has 17 heavy (non-hydrogen) atoms. The summed E-state index contributed by atoms with van der Waals surface area (Å²) in [5.41, 5.74) is 3.50. The van der Waals surface area contributed by atoms with Gasteiger partial charge in [0.1, 0.15) is 5.50 Å². The zero-order chi connectivity index (χ0) is 12.3. The second kappa shape index (κ2) is 5.35. The van der Waals surface area contributed by atoms with Gasteiger partial charge in [-0.1, -0.05) is 54.6 Å². The van der Waals surface area contributed by atoms with E-state index < -0.39 is 0 Å². The van der Waals surface area contributed by atoms with Crippen molar-refractivity contribution in [2.24, 2.45) is 0 Å². The van der Waals surface area contributed by atoms with Crippen molar-refractivity contribution < 1.29 is 0 Å². The highest BCUT2D eigenvalue weighted by Gasteiger charge is 2.09. The van der Waals surface area contributed by atoms with E-state index in [-0.39, 0.29) is 5.50 Å². The Balaban J connectivity index is 2.25. The van der Waals surface area contributed by atoms with Crippen molar-refractivity contribution >= 4 is 11.6 Å². The van der Waals surface area contributed by atoms with Gasteiger partial charge in [0.15, 0.2) is 0 Å². The van der Waals surface area contributed by atoms with E-state index >= 15 is 0 Å². The van der Waals surface area contributed by atoms with E-state index in [1.807, 2.05) is 37.2 Å². The van der Waals surface area contributed by atoms with Crippen LogP contribution in [0.3, 0.4) is 0 Å². The second-order valence-electron chi connectivity index (χ2n) is 4.29. The van der Waals surface area contributed by atoms with Gasteiger partial charge >= 0.3 is 0 Å². The minimum Gasteiger partial charge on any atom is -0.290 e. The Kier molecular flexibility index (Phi) is 3.82. The van der Waals surface area contributed by atoms with Crippen molar-refractivity contribution in [3.05, 3.63) is 60.2 Å². The highest BCUT2D eigenvalue weighted by molar-refractivity contribution is 6.20. The van der Waals surface area contributed by atoms with E-state index in [1.54, 1.807) is 0 Å². The first-order chi connectivity index (χ1) is 8.18. The average molecular weight is 246 g/mol. The number of hydrogen-bond acceptors (Lipinski definition) is 1. The average Bonchev–Trinajstić information content (AvgIpc) is 2.39. The second-order valence-corrected chi connectivity index (χ2v) is 4.70. The molecule has 1 atom stereocenters. The van der Waals surface area contributed by atoms with E-state index in [9.17, 15) is 0 Å². The van der Waals surface area contributed by atoms with Gasteiger partial charge in [-0.2, -0.15) is 0 Å². The fraction of sp³-hybridized carbons (Fsp3) is 0.200. The summed E-state index contributed by atoms with van der Waals surface area (Å²) in [6, 6.07) is 18.7. The predicted molar refractivity (Wildman–Crippen MR) is 74.2 cm³/mol. The third-order valence-corrected chi connectivity index (χ3v) is 3.39. The molecule has 0 N–H and O–H groups in total. The molecule has 0 radical (unpaired) electrons. The van der Waals surface area contributed by atoms with Crippen LogP contribution < -0.4 is 0 Å². The molecule has 2 aromatic carbocycles. The smallest absolute Gasteiger partial charge is 0.110 e. The third kappa shape index (κ3) is 2.87. The van der Waals surface area contributed by atoms with Crippen LogP contribution in [0.2, 0.25) is 0 Å². The summed E-state index contributed by atoms with van der Waals surface area (Å²) in [5.74, 6) is 0. The Bertz CT molecular complexity index is 462. The summed E-state index contributed by atoms with van der Waals surface area (Å²) in [6.45, 7) is 0. The first-order valence-electron chi connectivity index (χ1n) is 5.64. The van der Waals surface area contributed by atoms with Gasteiger partial charge in [0.2, 0.25) is 0 Å². The lowest BCUT2D eigenvalue weighted by Gasteiger charge is -2.18. The van der Waals surface area contributed by atoms with Gasteiger partial charge in [-0.3, -0.25) is 4.90 Å². The van der Waals surface area contributed by atoms with Gasteiger partial charge in [0.25, 0.3) is 0 Å². The van der Waals surface area contributed by atoms with Gasteiger partial charge in [-0.15, -0.1) is 11.6 Å². The van der Waals surface area contributed by atoms with E-state index in [0.29, 0.717) is 0 Å². The fourth-order valence-corrected chi connectivity index (χ4v) is 1.91. The minimum absolute atomic E-state index is 0.0696. The van der Waals surface area contributed by atoms with Crippen molar-refractivity contribution in [2.45, 2.75) is 5.50 Å². The molecule has 0 heterocycles. The van der Waals surface area contributed by atoms with Crippen molar-refractivity contribution in [2.75, 3.05) is 14.1 Å². The Hall–Kier alpha value is -1.31. The Morgan fingerprint density at radius 2 is 1.35 bits per heavy atom. The molecule has 0 saturated carbocycles. The molecule has 0 aliphatic heterocycles. The quantitative estimate of drug-likeness (QED) is 0.580. The molecule has 0 aliphatic carbocycles. The molecule has 2 rings (SSSR count). The van der Waals surface area contributed by atoms with Crippen LogP contribution in [0.15, 0.2) is 54.6 Å². The van der Waals surface area contributed by atoms with Gasteiger partial charge in [0, 0.05) is 0 Å². The molecule has 0 spiro atoms. The topological polar surface area (TPSA) is 3.24 Å². The van der Waals surface area contributed by atoms with Crippen LogP contribution in [-0.4, -0.2) is 19.0 Å². The molecule has 1 nitrogen and oxygen atoms in total. The van der Waals surface area contributed by atoms with Crippen molar-refractivity contribution in [3.8, 4) is 11.1 Å². The summed E-state index contributed by atoms with van der Waals surface area (Å²) in [4.78, 5) is 1.99. The summed E-state index contributed by atoms with van der Waals surface area (Å²) >= 11 is 6.27. The molecule has 0 fully saturated rings. The highest BCUT2D eigenvalue weighted by Crippen LogP contribution is 2.25. The van der Waals surface area contributed by atoms with Crippen molar-refractivity contribution in [3.63, 3.8) is 0 Å². The number of rotatable bonds is 3. The summed E-state index contributed by atoms with van der Waals surface area (Å²) in [7, 11) is 3.95. The van der Waals surface area contributed by atoms with Crippen molar-refractivity contribution in [1.29, 1.82) is 0 Å². The summed E-state index contributed by atoms with van der Waals surface area (Å²) in [5, 5.41) is 0. The Morgan fingerprint density at radius 1 is 0.824 bits per heavy atom. The van der Waals surface area contributed by atoms with Gasteiger partial charge < -0.3 is 0 Å². The number of benzene rings is 2. The lowest BCUT2D eigenvalue weighted by molar-refractivity contribution is 0.384. The van der Waals surface area contributed by atoms with Crippen molar-refractivity contribution in [1.82, 2.24) is 4.90 Å². The number of alkyl halides is 1. The molecule has 2 aromatic rings. The summed E-state index contributed by atoms with van der Waals surface area (Å²) in [6.07, 6.45) is 0. The number of halogens is 1. The highest BCUT2D eigenvalue weighted by atomic mass is 35.5. The normalized spacial score (nSPS) is 12.7. The van der Waals surface area contributed by atoms with Crippen LogP contribution in [0.1, 0.15) is 11.1 Å². The molecule has 2 heteroatoms. The van der Waals surface area contributed by atoms with E-state index in [4.69, 9.17) is 11.6 Å².